The van der Waals surface area contributed by atoms with Crippen LogP contribution in [0.3, 0.4) is 0 Å². The molecule has 4 aromatic rings. The van der Waals surface area contributed by atoms with Crippen LogP contribution in [0.4, 0.5) is 11.4 Å². The van der Waals surface area contributed by atoms with E-state index < -0.39 is 0 Å². The Morgan fingerprint density at radius 2 is 1.76 bits per heavy atom. The number of benzene rings is 3. The van der Waals surface area contributed by atoms with Gasteiger partial charge in [-0.25, -0.2) is 0 Å². The molecule has 0 aliphatic heterocycles. The predicted octanol–water partition coefficient (Wildman–Crippen LogP) is 5.01. The number of rotatable bonds is 3. The first-order valence-electron chi connectivity index (χ1n) is 8.03. The molecular weight excluding hydrogens is 314 g/mol. The molecule has 0 aliphatic rings. The minimum Gasteiger partial charge on any atom is -0.497 e. The van der Waals surface area contributed by atoms with Gasteiger partial charge in [0.05, 0.1) is 23.6 Å². The van der Waals surface area contributed by atoms with Crippen molar-refractivity contribution in [3.63, 3.8) is 0 Å². The maximum Gasteiger partial charge on any atom is 0.202 e. The lowest BCUT2D eigenvalue weighted by molar-refractivity contribution is 0.414. The van der Waals surface area contributed by atoms with E-state index in [1.165, 1.54) is 5.56 Å². The highest BCUT2D eigenvalue weighted by atomic mass is 16.5. The third kappa shape index (κ3) is 2.72. The molecule has 0 bridgehead atoms. The molecule has 4 heteroatoms. The molecule has 1 aromatic heterocycles. The van der Waals surface area contributed by atoms with Gasteiger partial charge in [0.2, 0.25) is 5.43 Å². The van der Waals surface area contributed by atoms with Crippen LogP contribution in [-0.2, 0) is 0 Å². The molecule has 0 fully saturated rings. The van der Waals surface area contributed by atoms with E-state index in [4.69, 9.17) is 9.15 Å². The van der Waals surface area contributed by atoms with E-state index in [2.05, 4.69) is 5.32 Å². The van der Waals surface area contributed by atoms with E-state index >= 15 is 0 Å². The fourth-order valence-electron chi connectivity index (χ4n) is 2.90. The fraction of sp³-hybridized carbons (Fsp3) is 0.0952. The van der Waals surface area contributed by atoms with Crippen LogP contribution in [0.2, 0.25) is 0 Å². The summed E-state index contributed by atoms with van der Waals surface area (Å²) in [6.07, 6.45) is 0. The van der Waals surface area contributed by atoms with Gasteiger partial charge in [0, 0.05) is 11.8 Å². The summed E-state index contributed by atoms with van der Waals surface area (Å²) >= 11 is 0. The van der Waals surface area contributed by atoms with Gasteiger partial charge in [0.1, 0.15) is 16.9 Å². The second-order valence-corrected chi connectivity index (χ2v) is 5.96. The molecule has 0 atom stereocenters. The van der Waals surface area contributed by atoms with Crippen LogP contribution in [0.25, 0.3) is 21.9 Å². The number of hydrogen-bond donors (Lipinski definition) is 1. The maximum atomic E-state index is 13.0. The lowest BCUT2D eigenvalue weighted by Crippen LogP contribution is -2.05. The standard InChI is InChI=1S/C21H17NO3/c1-13-6-8-14(9-7-13)22-17-4-3-5-18-20(17)21(23)16-11-10-15(24-2)12-19(16)25-18/h3-12,22H,1-2H3. The van der Waals surface area contributed by atoms with Crippen molar-refractivity contribution in [1.29, 1.82) is 0 Å². The highest BCUT2D eigenvalue weighted by Gasteiger charge is 2.12. The fourth-order valence-corrected chi connectivity index (χ4v) is 2.90. The summed E-state index contributed by atoms with van der Waals surface area (Å²) < 4.78 is 11.2. The van der Waals surface area contributed by atoms with Gasteiger partial charge in [0.15, 0.2) is 0 Å². The van der Waals surface area contributed by atoms with Gasteiger partial charge in [-0.05, 0) is 43.3 Å². The summed E-state index contributed by atoms with van der Waals surface area (Å²) in [5, 5.41) is 4.39. The molecule has 124 valence electrons. The van der Waals surface area contributed by atoms with E-state index in [-0.39, 0.29) is 5.43 Å². The largest absolute Gasteiger partial charge is 0.497 e. The van der Waals surface area contributed by atoms with Crippen molar-refractivity contribution in [2.24, 2.45) is 0 Å². The third-order valence-electron chi connectivity index (χ3n) is 4.24. The van der Waals surface area contributed by atoms with Gasteiger partial charge < -0.3 is 14.5 Å². The van der Waals surface area contributed by atoms with Gasteiger partial charge >= 0.3 is 0 Å². The molecular formula is C21H17NO3. The Labute approximate surface area is 144 Å². The monoisotopic (exact) mass is 331 g/mol. The average molecular weight is 331 g/mol. The highest BCUT2D eigenvalue weighted by Crippen LogP contribution is 2.28. The molecule has 0 unspecified atom stereocenters. The minimum absolute atomic E-state index is 0.0610. The second-order valence-electron chi connectivity index (χ2n) is 5.96. The zero-order chi connectivity index (χ0) is 17.4. The predicted molar refractivity (Wildman–Crippen MR) is 101 cm³/mol. The second kappa shape index (κ2) is 5.98. The summed E-state index contributed by atoms with van der Waals surface area (Å²) in [4.78, 5) is 13.0. The molecule has 1 heterocycles. The Bertz CT molecular complexity index is 1130. The highest BCUT2D eigenvalue weighted by molar-refractivity contribution is 5.98. The number of fused-ring (bicyclic) bond motifs is 2. The minimum atomic E-state index is -0.0610. The van der Waals surface area contributed by atoms with E-state index in [0.29, 0.717) is 27.7 Å². The normalized spacial score (nSPS) is 11.0. The summed E-state index contributed by atoms with van der Waals surface area (Å²) in [6.45, 7) is 2.04. The molecule has 1 N–H and O–H groups in total. The van der Waals surface area contributed by atoms with Crippen molar-refractivity contribution >= 4 is 33.3 Å². The number of methoxy groups -OCH3 is 1. The number of hydrogen-bond acceptors (Lipinski definition) is 4. The lowest BCUT2D eigenvalue weighted by atomic mass is 10.1. The van der Waals surface area contributed by atoms with Crippen LogP contribution < -0.4 is 15.5 Å². The van der Waals surface area contributed by atoms with Gasteiger partial charge in [0.25, 0.3) is 0 Å². The smallest absolute Gasteiger partial charge is 0.202 e. The zero-order valence-corrected chi connectivity index (χ0v) is 14.0. The Morgan fingerprint density at radius 1 is 0.960 bits per heavy atom. The topological polar surface area (TPSA) is 51.5 Å². The SMILES string of the molecule is COc1ccc2c(=O)c3c(Nc4ccc(C)cc4)cccc3oc2c1. The van der Waals surface area contributed by atoms with E-state index in [1.54, 1.807) is 31.4 Å². The van der Waals surface area contributed by atoms with E-state index in [1.807, 2.05) is 43.3 Å². The molecule has 3 aromatic carbocycles. The molecule has 25 heavy (non-hydrogen) atoms. The van der Waals surface area contributed by atoms with E-state index in [0.717, 1.165) is 11.4 Å². The number of anilines is 2. The number of aryl methyl sites for hydroxylation is 1. The van der Waals surface area contributed by atoms with Gasteiger partial charge in [-0.15, -0.1) is 0 Å². The van der Waals surface area contributed by atoms with Gasteiger partial charge in [-0.3, -0.25) is 4.79 Å². The van der Waals surface area contributed by atoms with Crippen molar-refractivity contribution in [3.8, 4) is 5.75 Å². The summed E-state index contributed by atoms with van der Waals surface area (Å²) in [5.41, 5.74) is 3.84. The van der Waals surface area contributed by atoms with Crippen molar-refractivity contribution < 1.29 is 9.15 Å². The molecule has 0 radical (unpaired) electrons. The van der Waals surface area contributed by atoms with Gasteiger partial charge in [-0.1, -0.05) is 23.8 Å². The Balaban J connectivity index is 1.92. The molecule has 0 aliphatic carbocycles. The first-order chi connectivity index (χ1) is 12.2. The van der Waals surface area contributed by atoms with Crippen molar-refractivity contribution in [1.82, 2.24) is 0 Å². The lowest BCUT2D eigenvalue weighted by Gasteiger charge is -2.10. The first-order valence-corrected chi connectivity index (χ1v) is 8.03. The Morgan fingerprint density at radius 3 is 2.52 bits per heavy atom. The maximum absolute atomic E-state index is 13.0. The molecule has 4 nitrogen and oxygen atoms in total. The Kier molecular flexibility index (Phi) is 3.65. The summed E-state index contributed by atoms with van der Waals surface area (Å²) in [5.74, 6) is 0.656. The summed E-state index contributed by atoms with van der Waals surface area (Å²) in [7, 11) is 1.59. The molecule has 0 saturated heterocycles. The van der Waals surface area contributed by atoms with Crippen molar-refractivity contribution in [2.75, 3.05) is 12.4 Å². The first kappa shape index (κ1) is 15.3. The third-order valence-corrected chi connectivity index (χ3v) is 4.24. The van der Waals surface area contributed by atoms with E-state index in [9.17, 15) is 4.79 Å². The van der Waals surface area contributed by atoms with Crippen molar-refractivity contribution in [3.05, 3.63) is 76.5 Å². The van der Waals surface area contributed by atoms with Crippen LogP contribution in [0.1, 0.15) is 5.56 Å². The van der Waals surface area contributed by atoms with Crippen LogP contribution in [0.5, 0.6) is 5.75 Å². The molecule has 0 saturated carbocycles. The number of ether oxygens (including phenoxy) is 1. The average Bonchev–Trinajstić information content (AvgIpc) is 2.63. The quantitative estimate of drug-likeness (QED) is 0.536. The van der Waals surface area contributed by atoms with Crippen molar-refractivity contribution in [2.45, 2.75) is 6.92 Å². The van der Waals surface area contributed by atoms with Gasteiger partial charge in [-0.2, -0.15) is 0 Å². The molecule has 0 spiro atoms. The van der Waals surface area contributed by atoms with Crippen LogP contribution in [0, 0.1) is 6.92 Å². The van der Waals surface area contributed by atoms with Crippen LogP contribution >= 0.6 is 0 Å². The zero-order valence-electron chi connectivity index (χ0n) is 14.0. The molecule has 0 amide bonds. The summed E-state index contributed by atoms with van der Waals surface area (Å²) in [6, 6.07) is 18.8. The van der Waals surface area contributed by atoms with Crippen LogP contribution in [-0.4, -0.2) is 7.11 Å². The van der Waals surface area contributed by atoms with Crippen LogP contribution in [0.15, 0.2) is 69.9 Å². The number of nitrogens with one attached hydrogen (secondary N) is 1. The molecule has 4 rings (SSSR count). The Hall–Kier alpha value is -3.27.